The molecule has 2 heterocycles. The van der Waals surface area contributed by atoms with E-state index in [-0.39, 0.29) is 0 Å². The van der Waals surface area contributed by atoms with E-state index >= 15 is 0 Å². The molecule has 2 rings (SSSR count). The van der Waals surface area contributed by atoms with Crippen molar-refractivity contribution in [3.63, 3.8) is 0 Å². The van der Waals surface area contributed by atoms with Crippen LogP contribution in [0.15, 0.2) is 11.4 Å². The Kier molecular flexibility index (Phi) is 2.87. The smallest absolute Gasteiger partial charge is 0.0561 e. The van der Waals surface area contributed by atoms with Gasteiger partial charge in [-0.15, -0.1) is 11.3 Å². The lowest BCUT2D eigenvalue weighted by atomic mass is 9.69. The summed E-state index contributed by atoms with van der Waals surface area (Å²) in [6.45, 7) is 5.69. The van der Waals surface area contributed by atoms with Crippen molar-refractivity contribution in [2.75, 3.05) is 6.54 Å². The molecule has 1 saturated heterocycles. The molecule has 3 heteroatoms. The van der Waals surface area contributed by atoms with Crippen molar-refractivity contribution in [1.82, 2.24) is 5.32 Å². The fourth-order valence-corrected chi connectivity index (χ4v) is 3.66. The highest BCUT2D eigenvalue weighted by Crippen LogP contribution is 2.49. The molecule has 1 aromatic heterocycles. The molecule has 1 aliphatic rings. The zero-order chi connectivity index (χ0) is 10.2. The molecule has 1 fully saturated rings. The largest absolute Gasteiger partial charge is 0.308 e. The number of thiophene rings is 1. The Bertz CT molecular complexity index is 311. The lowest BCUT2D eigenvalue weighted by Crippen LogP contribution is -2.55. The first-order valence-electron chi connectivity index (χ1n) is 5.20. The maximum atomic E-state index is 6.16. The average molecular weight is 230 g/mol. The molecule has 78 valence electrons. The van der Waals surface area contributed by atoms with Gasteiger partial charge in [0.05, 0.1) is 5.02 Å². The number of nitrogens with one attached hydrogen (secondary N) is 1. The van der Waals surface area contributed by atoms with Crippen molar-refractivity contribution in [2.24, 2.45) is 5.41 Å². The van der Waals surface area contributed by atoms with E-state index < -0.39 is 0 Å². The van der Waals surface area contributed by atoms with Gasteiger partial charge in [-0.05, 0) is 24.3 Å². The Morgan fingerprint density at radius 2 is 2.29 bits per heavy atom. The molecule has 0 amide bonds. The minimum Gasteiger partial charge on any atom is -0.308 e. The minimum atomic E-state index is 0.453. The molecule has 1 unspecified atom stereocenters. The summed E-state index contributed by atoms with van der Waals surface area (Å²) in [7, 11) is 0. The van der Waals surface area contributed by atoms with Crippen LogP contribution < -0.4 is 5.32 Å². The van der Waals surface area contributed by atoms with E-state index in [1.54, 1.807) is 11.3 Å². The summed E-state index contributed by atoms with van der Waals surface area (Å²) in [5, 5.41) is 6.51. The van der Waals surface area contributed by atoms with E-state index in [0.717, 1.165) is 11.6 Å². The Hall–Kier alpha value is -0.0500. The zero-order valence-electron chi connectivity index (χ0n) is 8.64. The van der Waals surface area contributed by atoms with E-state index in [1.807, 2.05) is 6.07 Å². The fourth-order valence-electron chi connectivity index (χ4n) is 2.28. The SMILES string of the molecule is CCC1(CC)CNC1c1sccc1Cl. The maximum Gasteiger partial charge on any atom is 0.0561 e. The van der Waals surface area contributed by atoms with Gasteiger partial charge in [-0.25, -0.2) is 0 Å². The summed E-state index contributed by atoms with van der Waals surface area (Å²) < 4.78 is 0. The molecule has 1 atom stereocenters. The predicted molar refractivity (Wildman–Crippen MR) is 63.1 cm³/mol. The summed E-state index contributed by atoms with van der Waals surface area (Å²) in [6, 6.07) is 2.49. The van der Waals surface area contributed by atoms with Gasteiger partial charge in [0, 0.05) is 22.9 Å². The second-order valence-electron chi connectivity index (χ2n) is 4.02. The highest BCUT2D eigenvalue weighted by Gasteiger charge is 2.45. The van der Waals surface area contributed by atoms with E-state index in [0.29, 0.717) is 11.5 Å². The van der Waals surface area contributed by atoms with Crippen molar-refractivity contribution < 1.29 is 0 Å². The summed E-state index contributed by atoms with van der Waals surface area (Å²) in [5.41, 5.74) is 0.453. The Morgan fingerprint density at radius 1 is 1.57 bits per heavy atom. The third kappa shape index (κ3) is 1.40. The fraction of sp³-hybridized carbons (Fsp3) is 0.636. The molecule has 0 bridgehead atoms. The van der Waals surface area contributed by atoms with E-state index in [2.05, 4.69) is 24.5 Å². The lowest BCUT2D eigenvalue weighted by molar-refractivity contribution is 0.0733. The number of halogens is 1. The normalized spacial score (nSPS) is 24.6. The van der Waals surface area contributed by atoms with Crippen molar-refractivity contribution >= 4 is 22.9 Å². The van der Waals surface area contributed by atoms with Gasteiger partial charge in [0.1, 0.15) is 0 Å². The summed E-state index contributed by atoms with van der Waals surface area (Å²) in [4.78, 5) is 1.32. The van der Waals surface area contributed by atoms with Gasteiger partial charge in [-0.1, -0.05) is 25.4 Å². The monoisotopic (exact) mass is 229 g/mol. The third-order valence-corrected chi connectivity index (χ3v) is 5.01. The summed E-state index contributed by atoms with van der Waals surface area (Å²) in [6.07, 6.45) is 2.46. The number of rotatable bonds is 3. The Morgan fingerprint density at radius 3 is 2.64 bits per heavy atom. The van der Waals surface area contributed by atoms with Crippen LogP contribution in [0.1, 0.15) is 37.6 Å². The van der Waals surface area contributed by atoms with Crippen molar-refractivity contribution in [3.8, 4) is 0 Å². The molecule has 1 aliphatic heterocycles. The molecule has 0 spiro atoms. The van der Waals surface area contributed by atoms with Crippen LogP contribution in [-0.2, 0) is 0 Å². The van der Waals surface area contributed by atoms with Crippen LogP contribution in [0.4, 0.5) is 0 Å². The maximum absolute atomic E-state index is 6.16. The molecular weight excluding hydrogens is 214 g/mol. The second kappa shape index (κ2) is 3.84. The van der Waals surface area contributed by atoms with Gasteiger partial charge in [0.2, 0.25) is 0 Å². The van der Waals surface area contributed by atoms with E-state index in [9.17, 15) is 0 Å². The highest BCUT2D eigenvalue weighted by molar-refractivity contribution is 7.10. The van der Waals surface area contributed by atoms with Gasteiger partial charge < -0.3 is 5.32 Å². The van der Waals surface area contributed by atoms with Crippen LogP contribution in [0.25, 0.3) is 0 Å². The van der Waals surface area contributed by atoms with Gasteiger partial charge in [-0.2, -0.15) is 0 Å². The molecule has 0 aliphatic carbocycles. The van der Waals surface area contributed by atoms with Crippen molar-refractivity contribution in [2.45, 2.75) is 32.7 Å². The van der Waals surface area contributed by atoms with Gasteiger partial charge in [0.25, 0.3) is 0 Å². The molecule has 0 radical (unpaired) electrons. The number of hydrogen-bond acceptors (Lipinski definition) is 2. The highest BCUT2D eigenvalue weighted by atomic mass is 35.5. The van der Waals surface area contributed by atoms with Crippen LogP contribution in [0.2, 0.25) is 5.02 Å². The van der Waals surface area contributed by atoms with Crippen LogP contribution in [0, 0.1) is 5.41 Å². The standard InChI is InChI=1S/C11H16ClNS/c1-3-11(4-2)7-13-10(11)9-8(12)5-6-14-9/h5-6,10,13H,3-4,7H2,1-2H3. The zero-order valence-corrected chi connectivity index (χ0v) is 10.2. The first kappa shape index (κ1) is 10.5. The van der Waals surface area contributed by atoms with Crippen LogP contribution in [0.3, 0.4) is 0 Å². The molecule has 14 heavy (non-hydrogen) atoms. The molecular formula is C11H16ClNS. The van der Waals surface area contributed by atoms with Gasteiger partial charge >= 0.3 is 0 Å². The molecule has 1 N–H and O–H groups in total. The minimum absolute atomic E-state index is 0.453. The second-order valence-corrected chi connectivity index (χ2v) is 5.37. The van der Waals surface area contributed by atoms with Crippen LogP contribution in [-0.4, -0.2) is 6.54 Å². The van der Waals surface area contributed by atoms with E-state index in [1.165, 1.54) is 17.7 Å². The molecule has 0 saturated carbocycles. The summed E-state index contributed by atoms with van der Waals surface area (Å²) in [5.74, 6) is 0. The summed E-state index contributed by atoms with van der Waals surface area (Å²) >= 11 is 7.93. The van der Waals surface area contributed by atoms with Gasteiger partial charge in [-0.3, -0.25) is 0 Å². The molecule has 1 aromatic rings. The first-order valence-corrected chi connectivity index (χ1v) is 6.45. The Labute approximate surface area is 94.5 Å². The molecule has 0 aromatic carbocycles. The lowest BCUT2D eigenvalue weighted by Gasteiger charge is -2.50. The number of hydrogen-bond donors (Lipinski definition) is 1. The third-order valence-electron chi connectivity index (χ3n) is 3.59. The van der Waals surface area contributed by atoms with Crippen molar-refractivity contribution in [3.05, 3.63) is 21.3 Å². The van der Waals surface area contributed by atoms with Crippen LogP contribution >= 0.6 is 22.9 Å². The van der Waals surface area contributed by atoms with Crippen LogP contribution in [0.5, 0.6) is 0 Å². The quantitative estimate of drug-likeness (QED) is 0.830. The predicted octanol–water partition coefficient (Wildman–Crippen LogP) is 3.85. The van der Waals surface area contributed by atoms with Crippen molar-refractivity contribution in [1.29, 1.82) is 0 Å². The topological polar surface area (TPSA) is 12.0 Å². The van der Waals surface area contributed by atoms with E-state index in [4.69, 9.17) is 11.6 Å². The molecule has 1 nitrogen and oxygen atoms in total. The average Bonchev–Trinajstić information content (AvgIpc) is 2.54. The Balaban J connectivity index is 2.25. The first-order chi connectivity index (χ1) is 6.73. The van der Waals surface area contributed by atoms with Gasteiger partial charge in [0.15, 0.2) is 0 Å².